The molecule has 1 aliphatic heterocycles. The van der Waals surface area contributed by atoms with E-state index in [1.165, 1.54) is 0 Å². The zero-order chi connectivity index (χ0) is 21.4. The van der Waals surface area contributed by atoms with Crippen LogP contribution in [0.1, 0.15) is 24.1 Å². The molecule has 3 aromatic rings. The number of hydrogen-bond donors (Lipinski definition) is 2. The molecule has 2 aromatic carbocycles. The van der Waals surface area contributed by atoms with Gasteiger partial charge in [0.1, 0.15) is 5.75 Å². The predicted molar refractivity (Wildman–Crippen MR) is 129 cm³/mol. The summed E-state index contributed by atoms with van der Waals surface area (Å²) < 4.78 is 5.22. The molecule has 0 saturated carbocycles. The molecule has 10 heteroatoms. The average Bonchev–Trinajstić information content (AvgIpc) is 2.73. The highest BCUT2D eigenvalue weighted by Gasteiger charge is 2.24. The normalized spacial score (nSPS) is 14.5. The molecular weight excluding hydrogens is 482 g/mol. The molecule has 0 amide bonds. The Labute approximate surface area is 201 Å². The number of nitrogens with two attached hydrogens (primary N) is 1. The van der Waals surface area contributed by atoms with E-state index in [4.69, 9.17) is 45.3 Å². The number of ether oxygens (including phenoxy) is 1. The molecule has 1 aromatic heterocycles. The number of anilines is 2. The van der Waals surface area contributed by atoms with Crippen LogP contribution in [0.4, 0.5) is 11.5 Å². The van der Waals surface area contributed by atoms with Crippen molar-refractivity contribution in [2.24, 2.45) is 0 Å². The molecule has 1 fully saturated rings. The molecule has 0 bridgehead atoms. The van der Waals surface area contributed by atoms with Gasteiger partial charge in [0.25, 0.3) is 0 Å². The Morgan fingerprint density at radius 1 is 1.13 bits per heavy atom. The summed E-state index contributed by atoms with van der Waals surface area (Å²) in [6.07, 6.45) is 1.52. The number of nitrogen functional groups attached to an aromatic ring is 1. The van der Waals surface area contributed by atoms with Crippen LogP contribution in [0.2, 0.25) is 15.1 Å². The molecule has 1 aliphatic rings. The lowest BCUT2D eigenvalue weighted by molar-refractivity contribution is 0.145. The Bertz CT molecular complexity index is 1100. The van der Waals surface area contributed by atoms with Gasteiger partial charge in [0, 0.05) is 24.9 Å². The van der Waals surface area contributed by atoms with Crippen LogP contribution in [0.5, 0.6) is 5.75 Å². The fourth-order valence-electron chi connectivity index (χ4n) is 3.77. The number of aliphatic hydroxyl groups is 1. The zero-order valence-corrected chi connectivity index (χ0v) is 19.8. The largest absolute Gasteiger partial charge is 0.495 e. The van der Waals surface area contributed by atoms with Gasteiger partial charge in [0.2, 0.25) is 0 Å². The van der Waals surface area contributed by atoms with E-state index in [1.54, 1.807) is 13.2 Å². The zero-order valence-electron chi connectivity index (χ0n) is 16.7. The first-order valence-corrected chi connectivity index (χ1v) is 10.7. The van der Waals surface area contributed by atoms with Gasteiger partial charge in [-0.15, -0.1) is 17.5 Å². The first kappa shape index (κ1) is 24.0. The minimum absolute atomic E-state index is 0. The van der Waals surface area contributed by atoms with E-state index in [-0.39, 0.29) is 18.5 Å². The van der Waals surface area contributed by atoms with E-state index in [9.17, 15) is 5.11 Å². The summed E-state index contributed by atoms with van der Waals surface area (Å²) in [6, 6.07) is 7.37. The van der Waals surface area contributed by atoms with Gasteiger partial charge < -0.3 is 20.5 Å². The SMILES string of the molecule is COc1ccc(Cc2nnc(N3CCC(O)CC3)c3c(N)c(Cl)c(Cl)cc23)cc1Cl.Cl. The number of aliphatic hydroxyl groups excluding tert-OH is 1. The number of aromatic nitrogens is 2. The Balaban J connectivity index is 0.00000272. The van der Waals surface area contributed by atoms with Crippen LogP contribution in [-0.4, -0.2) is 41.6 Å². The van der Waals surface area contributed by atoms with Crippen LogP contribution in [-0.2, 0) is 6.42 Å². The van der Waals surface area contributed by atoms with E-state index in [0.717, 1.165) is 22.0 Å². The molecule has 4 rings (SSSR count). The third kappa shape index (κ3) is 4.73. The summed E-state index contributed by atoms with van der Waals surface area (Å²) in [7, 11) is 1.58. The first-order chi connectivity index (χ1) is 14.4. The van der Waals surface area contributed by atoms with Gasteiger partial charge in [-0.3, -0.25) is 0 Å². The standard InChI is InChI=1S/C21H21Cl3N4O2.ClH/c1-30-17-3-2-11(8-14(17)22)9-16-13-10-15(23)19(24)20(25)18(13)21(27-26-16)28-6-4-12(29)5-7-28;/h2-3,8,10,12,29H,4-7,9,25H2,1H3;1H. The maximum Gasteiger partial charge on any atom is 0.161 e. The van der Waals surface area contributed by atoms with Crippen molar-refractivity contribution in [2.75, 3.05) is 30.8 Å². The van der Waals surface area contributed by atoms with Gasteiger partial charge in [0.05, 0.1) is 45.0 Å². The highest BCUT2D eigenvalue weighted by molar-refractivity contribution is 6.45. The highest BCUT2D eigenvalue weighted by Crippen LogP contribution is 2.41. The van der Waals surface area contributed by atoms with Crippen LogP contribution in [0.25, 0.3) is 10.8 Å². The van der Waals surface area contributed by atoms with Gasteiger partial charge in [-0.25, -0.2) is 0 Å². The number of hydrogen-bond acceptors (Lipinski definition) is 6. The number of fused-ring (bicyclic) bond motifs is 1. The summed E-state index contributed by atoms with van der Waals surface area (Å²) in [5.74, 6) is 1.27. The van der Waals surface area contributed by atoms with E-state index >= 15 is 0 Å². The van der Waals surface area contributed by atoms with E-state index in [2.05, 4.69) is 15.1 Å². The number of halogens is 4. The van der Waals surface area contributed by atoms with Crippen LogP contribution in [0, 0.1) is 0 Å². The van der Waals surface area contributed by atoms with E-state index in [1.807, 2.05) is 18.2 Å². The van der Waals surface area contributed by atoms with Crippen molar-refractivity contribution in [1.82, 2.24) is 10.2 Å². The van der Waals surface area contributed by atoms with Crippen LogP contribution in [0.3, 0.4) is 0 Å². The monoisotopic (exact) mass is 502 g/mol. The molecule has 1 saturated heterocycles. The van der Waals surface area contributed by atoms with Gasteiger partial charge in [0.15, 0.2) is 5.82 Å². The van der Waals surface area contributed by atoms with Crippen molar-refractivity contribution >= 4 is 69.5 Å². The molecule has 0 radical (unpaired) electrons. The van der Waals surface area contributed by atoms with Crippen molar-refractivity contribution in [1.29, 1.82) is 0 Å². The Kier molecular flexibility index (Phi) is 7.60. The molecule has 2 heterocycles. The van der Waals surface area contributed by atoms with Crippen molar-refractivity contribution in [2.45, 2.75) is 25.4 Å². The maximum absolute atomic E-state index is 9.84. The molecular formula is C21H22Cl4N4O2. The Hall–Kier alpha value is -1.70. The summed E-state index contributed by atoms with van der Waals surface area (Å²) >= 11 is 19.0. The highest BCUT2D eigenvalue weighted by atomic mass is 35.5. The van der Waals surface area contributed by atoms with Gasteiger partial charge >= 0.3 is 0 Å². The van der Waals surface area contributed by atoms with Crippen molar-refractivity contribution in [3.8, 4) is 5.75 Å². The second-order valence-electron chi connectivity index (χ2n) is 7.34. The topological polar surface area (TPSA) is 84.5 Å². The molecule has 0 spiro atoms. The van der Waals surface area contributed by atoms with Gasteiger partial charge in [-0.2, -0.15) is 5.10 Å². The fourth-order valence-corrected chi connectivity index (χ4v) is 4.41. The maximum atomic E-state index is 9.84. The molecule has 0 atom stereocenters. The first-order valence-electron chi connectivity index (χ1n) is 9.57. The third-order valence-electron chi connectivity index (χ3n) is 5.41. The number of methoxy groups -OCH3 is 1. The van der Waals surface area contributed by atoms with Crippen molar-refractivity contribution < 1.29 is 9.84 Å². The van der Waals surface area contributed by atoms with Crippen LogP contribution >= 0.6 is 47.2 Å². The van der Waals surface area contributed by atoms with Crippen molar-refractivity contribution in [3.63, 3.8) is 0 Å². The minimum atomic E-state index is -0.296. The van der Waals surface area contributed by atoms with E-state index < -0.39 is 0 Å². The Morgan fingerprint density at radius 2 is 1.84 bits per heavy atom. The molecule has 6 nitrogen and oxygen atoms in total. The average molecular weight is 504 g/mol. The summed E-state index contributed by atoms with van der Waals surface area (Å²) in [4.78, 5) is 2.08. The molecule has 0 unspecified atom stereocenters. The number of rotatable bonds is 4. The summed E-state index contributed by atoms with van der Waals surface area (Å²) in [5.41, 5.74) is 8.43. The molecule has 0 aliphatic carbocycles. The predicted octanol–water partition coefficient (Wildman–Crippen LogP) is 5.15. The number of benzene rings is 2. The lowest BCUT2D eigenvalue weighted by Gasteiger charge is -2.31. The second kappa shape index (κ2) is 9.84. The number of piperidine rings is 1. The molecule has 3 N–H and O–H groups in total. The second-order valence-corrected chi connectivity index (χ2v) is 8.54. The number of nitrogens with zero attached hydrogens (tertiary/aromatic N) is 3. The van der Waals surface area contributed by atoms with Crippen LogP contribution < -0.4 is 15.4 Å². The quantitative estimate of drug-likeness (QED) is 0.478. The summed E-state index contributed by atoms with van der Waals surface area (Å²) in [6.45, 7) is 1.33. The smallest absolute Gasteiger partial charge is 0.161 e. The summed E-state index contributed by atoms with van der Waals surface area (Å²) in [5, 5.41) is 21.5. The minimum Gasteiger partial charge on any atom is -0.495 e. The van der Waals surface area contributed by atoms with Gasteiger partial charge in [-0.05, 0) is 36.6 Å². The molecule has 31 heavy (non-hydrogen) atoms. The fraction of sp³-hybridized carbons (Fsp3) is 0.333. The van der Waals surface area contributed by atoms with Crippen LogP contribution in [0.15, 0.2) is 24.3 Å². The molecule has 166 valence electrons. The van der Waals surface area contributed by atoms with Gasteiger partial charge in [-0.1, -0.05) is 40.9 Å². The van der Waals surface area contributed by atoms with Crippen molar-refractivity contribution in [3.05, 3.63) is 50.6 Å². The lowest BCUT2D eigenvalue weighted by atomic mass is 10.0. The Morgan fingerprint density at radius 3 is 2.48 bits per heavy atom. The third-order valence-corrected chi connectivity index (χ3v) is 6.51. The van der Waals surface area contributed by atoms with E-state index in [0.29, 0.717) is 64.7 Å². The lowest BCUT2D eigenvalue weighted by Crippen LogP contribution is -2.36.